The van der Waals surface area contributed by atoms with Crippen molar-refractivity contribution in [2.45, 2.75) is 6.42 Å². The van der Waals surface area contributed by atoms with Crippen LogP contribution in [0, 0.1) is 0 Å². The molecule has 2 N–H and O–H groups in total. The number of nitrogens with zero attached hydrogens (tertiary/aromatic N) is 2. The first-order valence-electron chi connectivity index (χ1n) is 7.62. The van der Waals surface area contributed by atoms with Crippen molar-refractivity contribution in [1.82, 2.24) is 9.78 Å². The Labute approximate surface area is 144 Å². The van der Waals surface area contributed by atoms with Gasteiger partial charge < -0.3 is 19.9 Å². The van der Waals surface area contributed by atoms with Crippen molar-refractivity contribution in [1.29, 1.82) is 0 Å². The molecular formula is C18H19N3O4. The monoisotopic (exact) mass is 341 g/mol. The summed E-state index contributed by atoms with van der Waals surface area (Å²) >= 11 is 0. The summed E-state index contributed by atoms with van der Waals surface area (Å²) in [6.07, 6.45) is 1.76. The van der Waals surface area contributed by atoms with Crippen LogP contribution in [-0.4, -0.2) is 37.0 Å². The Balaban J connectivity index is 1.94. The largest absolute Gasteiger partial charge is 0.493 e. The van der Waals surface area contributed by atoms with Crippen LogP contribution >= 0.6 is 0 Å². The van der Waals surface area contributed by atoms with E-state index in [-0.39, 0.29) is 12.3 Å². The summed E-state index contributed by atoms with van der Waals surface area (Å²) in [5.74, 6) is 1.32. The van der Waals surface area contributed by atoms with E-state index in [0.29, 0.717) is 28.5 Å². The molecule has 0 unspecified atom stereocenters. The van der Waals surface area contributed by atoms with E-state index in [1.165, 1.54) is 26.0 Å². The predicted octanol–water partition coefficient (Wildman–Crippen LogP) is 2.53. The highest BCUT2D eigenvalue weighted by molar-refractivity contribution is 5.93. The highest BCUT2D eigenvalue weighted by atomic mass is 16.5. The molecule has 0 atom stereocenters. The van der Waals surface area contributed by atoms with Gasteiger partial charge in [0.1, 0.15) is 0 Å². The number of hydrogen-bond donors (Lipinski definition) is 1. The van der Waals surface area contributed by atoms with Crippen molar-refractivity contribution in [2.75, 3.05) is 27.1 Å². The summed E-state index contributed by atoms with van der Waals surface area (Å²) in [6, 6.07) is 8.81. The van der Waals surface area contributed by atoms with E-state index in [1.54, 1.807) is 36.5 Å². The third-order valence-electron chi connectivity index (χ3n) is 3.91. The zero-order valence-corrected chi connectivity index (χ0v) is 14.3. The normalized spacial score (nSPS) is 10.7. The number of aromatic nitrogens is 2. The number of nitrogen functional groups attached to an aromatic ring is 1. The fourth-order valence-electron chi connectivity index (χ4n) is 2.74. The van der Waals surface area contributed by atoms with E-state index in [4.69, 9.17) is 19.9 Å². The summed E-state index contributed by atoms with van der Waals surface area (Å²) in [5, 5.41) is 4.99. The fourth-order valence-corrected chi connectivity index (χ4v) is 2.74. The van der Waals surface area contributed by atoms with E-state index in [0.717, 1.165) is 10.9 Å². The minimum atomic E-state index is -0.172. The Bertz CT molecular complexity index is 908. The fraction of sp³-hybridized carbons (Fsp3) is 0.222. The topological polar surface area (TPSA) is 88.6 Å². The van der Waals surface area contributed by atoms with Gasteiger partial charge in [-0.05, 0) is 35.9 Å². The van der Waals surface area contributed by atoms with Crippen molar-refractivity contribution in [3.8, 4) is 17.2 Å². The number of ether oxygens (including phenoxy) is 3. The van der Waals surface area contributed by atoms with Crippen LogP contribution in [0.3, 0.4) is 0 Å². The molecule has 7 nitrogen and oxygen atoms in total. The molecule has 25 heavy (non-hydrogen) atoms. The smallest absolute Gasteiger partial charge is 0.251 e. The Morgan fingerprint density at radius 1 is 1.08 bits per heavy atom. The molecular weight excluding hydrogens is 322 g/mol. The van der Waals surface area contributed by atoms with Gasteiger partial charge in [0.05, 0.1) is 39.5 Å². The van der Waals surface area contributed by atoms with Crippen molar-refractivity contribution in [3.63, 3.8) is 0 Å². The van der Waals surface area contributed by atoms with Crippen LogP contribution in [0.2, 0.25) is 0 Å². The molecule has 0 fully saturated rings. The lowest BCUT2D eigenvalue weighted by Gasteiger charge is -2.14. The molecule has 0 amide bonds. The van der Waals surface area contributed by atoms with Gasteiger partial charge >= 0.3 is 0 Å². The van der Waals surface area contributed by atoms with Gasteiger partial charge in [-0.1, -0.05) is 0 Å². The minimum Gasteiger partial charge on any atom is -0.493 e. The van der Waals surface area contributed by atoms with Gasteiger partial charge in [0.25, 0.3) is 5.91 Å². The molecule has 0 aliphatic heterocycles. The number of nitrogens with two attached hydrogens (primary N) is 1. The molecule has 130 valence electrons. The minimum absolute atomic E-state index is 0.137. The highest BCUT2D eigenvalue weighted by Gasteiger charge is 2.17. The summed E-state index contributed by atoms with van der Waals surface area (Å²) < 4.78 is 17.3. The molecule has 0 saturated heterocycles. The zero-order valence-electron chi connectivity index (χ0n) is 14.3. The van der Waals surface area contributed by atoms with E-state index >= 15 is 0 Å². The van der Waals surface area contributed by atoms with Gasteiger partial charge in [-0.3, -0.25) is 4.79 Å². The first-order valence-corrected chi connectivity index (χ1v) is 7.62. The highest BCUT2D eigenvalue weighted by Crippen LogP contribution is 2.38. The van der Waals surface area contributed by atoms with Crippen molar-refractivity contribution in [2.24, 2.45) is 0 Å². The molecule has 0 aliphatic rings. The SMILES string of the molecule is COc1cc(CC(=O)n2ncc3cc(N)ccc32)cc(OC)c1OC. The van der Waals surface area contributed by atoms with E-state index < -0.39 is 0 Å². The molecule has 2 aromatic carbocycles. The molecule has 0 spiro atoms. The van der Waals surface area contributed by atoms with Gasteiger partial charge in [0.2, 0.25) is 5.75 Å². The Hall–Kier alpha value is -3.22. The Kier molecular flexibility index (Phi) is 4.47. The molecule has 1 heterocycles. The van der Waals surface area contributed by atoms with Crippen molar-refractivity contribution < 1.29 is 19.0 Å². The van der Waals surface area contributed by atoms with Gasteiger partial charge in [-0.2, -0.15) is 9.78 Å². The number of benzene rings is 2. The number of hydrogen-bond acceptors (Lipinski definition) is 6. The summed E-state index contributed by atoms with van der Waals surface area (Å²) in [7, 11) is 4.61. The lowest BCUT2D eigenvalue weighted by Crippen LogP contribution is -2.15. The number of fused-ring (bicyclic) bond motifs is 1. The quantitative estimate of drug-likeness (QED) is 0.718. The number of methoxy groups -OCH3 is 3. The molecule has 0 radical (unpaired) electrons. The second kappa shape index (κ2) is 6.72. The maximum atomic E-state index is 12.7. The van der Waals surface area contributed by atoms with Gasteiger partial charge in [-0.25, -0.2) is 0 Å². The lowest BCUT2D eigenvalue weighted by molar-refractivity contribution is 0.0904. The molecule has 7 heteroatoms. The first kappa shape index (κ1) is 16.6. The number of anilines is 1. The number of carbonyl (C=O) groups is 1. The zero-order chi connectivity index (χ0) is 18.0. The van der Waals surface area contributed by atoms with Crippen LogP contribution in [0.1, 0.15) is 10.4 Å². The lowest BCUT2D eigenvalue weighted by atomic mass is 10.1. The third-order valence-corrected chi connectivity index (χ3v) is 3.91. The molecule has 0 aliphatic carbocycles. The first-order chi connectivity index (χ1) is 12.1. The standard InChI is InChI=1S/C18H19N3O4/c1-23-15-6-11(7-16(24-2)18(15)25-3)8-17(22)21-14-5-4-13(19)9-12(14)10-20-21/h4-7,9-10H,8,19H2,1-3H3. The van der Waals surface area contributed by atoms with Crippen LogP contribution in [0.25, 0.3) is 10.9 Å². The third kappa shape index (κ3) is 3.08. The van der Waals surface area contributed by atoms with Crippen LogP contribution in [0.15, 0.2) is 36.5 Å². The number of rotatable bonds is 5. The summed E-state index contributed by atoms with van der Waals surface area (Å²) in [6.45, 7) is 0. The Morgan fingerprint density at radius 3 is 2.36 bits per heavy atom. The number of carbonyl (C=O) groups excluding carboxylic acids is 1. The maximum absolute atomic E-state index is 12.7. The molecule has 3 rings (SSSR count). The van der Waals surface area contributed by atoms with Gasteiger partial charge in [-0.15, -0.1) is 0 Å². The van der Waals surface area contributed by atoms with Crippen LogP contribution in [0.5, 0.6) is 17.2 Å². The molecule has 1 aromatic heterocycles. The Morgan fingerprint density at radius 2 is 1.76 bits per heavy atom. The van der Waals surface area contributed by atoms with Crippen LogP contribution in [-0.2, 0) is 6.42 Å². The average molecular weight is 341 g/mol. The summed E-state index contributed by atoms with van der Waals surface area (Å²) in [5.41, 5.74) is 7.84. The van der Waals surface area contributed by atoms with E-state index in [1.807, 2.05) is 0 Å². The van der Waals surface area contributed by atoms with Crippen molar-refractivity contribution >= 4 is 22.5 Å². The van der Waals surface area contributed by atoms with Crippen molar-refractivity contribution in [3.05, 3.63) is 42.1 Å². The summed E-state index contributed by atoms with van der Waals surface area (Å²) in [4.78, 5) is 12.7. The predicted molar refractivity (Wildman–Crippen MR) is 94.6 cm³/mol. The second-order valence-corrected chi connectivity index (χ2v) is 5.48. The molecule has 3 aromatic rings. The van der Waals surface area contributed by atoms with Gasteiger partial charge in [0, 0.05) is 11.1 Å². The molecule has 0 saturated carbocycles. The van der Waals surface area contributed by atoms with Crippen LogP contribution in [0.4, 0.5) is 5.69 Å². The average Bonchev–Trinajstić information content (AvgIpc) is 3.03. The van der Waals surface area contributed by atoms with E-state index in [9.17, 15) is 4.79 Å². The second-order valence-electron chi connectivity index (χ2n) is 5.48. The maximum Gasteiger partial charge on any atom is 0.251 e. The van der Waals surface area contributed by atoms with Gasteiger partial charge in [0.15, 0.2) is 11.5 Å². The molecule has 0 bridgehead atoms. The van der Waals surface area contributed by atoms with E-state index in [2.05, 4.69) is 5.10 Å². The van der Waals surface area contributed by atoms with Crippen LogP contribution < -0.4 is 19.9 Å².